The van der Waals surface area contributed by atoms with Crippen LogP contribution in [0.5, 0.6) is 23.0 Å². The number of Topliss-reactive ketones (excluding diaryl/α,β-unsaturated/α-hetero) is 1. The van der Waals surface area contributed by atoms with E-state index in [9.17, 15) is 41.7 Å². The number of rotatable bonds is 12. The number of amides is 1. The largest absolute Gasteiger partial charge is 0.471 e. The summed E-state index contributed by atoms with van der Waals surface area (Å²) in [6.45, 7) is 11.1. The molecule has 324 valence electrons. The van der Waals surface area contributed by atoms with Crippen molar-refractivity contribution in [1.29, 1.82) is 0 Å². The lowest BCUT2D eigenvalue weighted by molar-refractivity contribution is -0.173. The predicted molar refractivity (Wildman–Crippen MR) is 219 cm³/mol. The van der Waals surface area contributed by atoms with Gasteiger partial charge in [0.05, 0.1) is 28.6 Å². The summed E-state index contributed by atoms with van der Waals surface area (Å²) in [5.41, 5.74) is -2.67. The molecule has 1 N–H and O–H groups in total. The number of fused-ring (bicyclic) bond motifs is 8. The number of halogens is 4. The van der Waals surface area contributed by atoms with E-state index in [1.807, 2.05) is 0 Å². The zero-order valence-corrected chi connectivity index (χ0v) is 36.2. The molecule has 0 saturated heterocycles. The van der Waals surface area contributed by atoms with Gasteiger partial charge in [-0.2, -0.15) is 13.2 Å². The number of aryl methyl sites for hydroxylation is 1. The van der Waals surface area contributed by atoms with Crippen LogP contribution < -0.4 is 24.8 Å². The molecule has 4 aromatic rings. The molecule has 0 aromatic heterocycles. The second-order valence-corrected chi connectivity index (χ2v) is 18.7. The fourth-order valence-corrected chi connectivity index (χ4v) is 8.06. The topological polar surface area (TPSA) is 161 Å². The molecule has 2 unspecified atom stereocenters. The van der Waals surface area contributed by atoms with Gasteiger partial charge in [0, 0.05) is 40.8 Å². The Hall–Kier alpha value is -5.24. The van der Waals surface area contributed by atoms with E-state index in [0.29, 0.717) is 21.9 Å². The number of unbranched alkanes of at least 4 members (excludes halogenated alkanes) is 1. The Bertz CT molecular complexity index is 2510. The summed E-state index contributed by atoms with van der Waals surface area (Å²) in [5.74, 6) is -4.15. The van der Waals surface area contributed by atoms with Crippen molar-refractivity contribution in [2.75, 3.05) is 13.2 Å². The van der Waals surface area contributed by atoms with Gasteiger partial charge in [0.2, 0.25) is 8.03 Å². The Balaban J connectivity index is 1.54. The maximum absolute atomic E-state index is 14.1. The minimum Gasteiger partial charge on any atom is -0.455 e. The van der Waals surface area contributed by atoms with E-state index in [-0.39, 0.29) is 94.6 Å². The van der Waals surface area contributed by atoms with Crippen molar-refractivity contribution in [3.63, 3.8) is 0 Å². The number of benzene rings is 4. The van der Waals surface area contributed by atoms with Crippen LogP contribution in [-0.4, -0.2) is 48.9 Å². The first-order chi connectivity index (χ1) is 28.4. The maximum atomic E-state index is 14.1. The number of alkyl halides is 3. The van der Waals surface area contributed by atoms with E-state index in [4.69, 9.17) is 35.1 Å². The molecule has 2 atom stereocenters. The molecular weight excluding hydrogens is 842 g/mol. The fraction of sp³-hybridized carbons (Fsp3) is 0.386. The lowest BCUT2D eigenvalue weighted by Gasteiger charge is -2.39. The Kier molecular flexibility index (Phi) is 12.6. The molecule has 17 heteroatoms. The molecule has 1 amide bonds. The van der Waals surface area contributed by atoms with Crippen LogP contribution in [0.25, 0.3) is 10.8 Å². The van der Waals surface area contributed by atoms with E-state index in [1.165, 1.54) is 31.2 Å². The lowest BCUT2D eigenvalue weighted by atomic mass is 9.75. The third kappa shape index (κ3) is 9.05. The van der Waals surface area contributed by atoms with Crippen molar-refractivity contribution in [3.05, 3.63) is 87.4 Å². The number of hydrogen-bond acceptors (Lipinski definition) is 11. The molecule has 12 nitrogen and oxygen atoms in total. The minimum atomic E-state index is -5.01. The number of ether oxygens (including phenoxy) is 4. The molecule has 0 aliphatic carbocycles. The lowest BCUT2D eigenvalue weighted by Crippen LogP contribution is -2.37. The van der Waals surface area contributed by atoms with Crippen LogP contribution in [0.2, 0.25) is 5.02 Å². The summed E-state index contributed by atoms with van der Waals surface area (Å²) in [4.78, 5) is 64.2. The number of esters is 3. The second kappa shape index (κ2) is 16.9. The highest BCUT2D eigenvalue weighted by atomic mass is 35.5. The van der Waals surface area contributed by atoms with Gasteiger partial charge in [-0.05, 0) is 103 Å². The Morgan fingerprint density at radius 2 is 1.52 bits per heavy atom. The first-order valence-corrected chi connectivity index (χ1v) is 21.1. The van der Waals surface area contributed by atoms with Crippen molar-refractivity contribution >= 4 is 65.3 Å². The first kappa shape index (κ1) is 45.3. The number of nitrogens with one attached hydrogen (secondary N) is 1. The van der Waals surface area contributed by atoms with Gasteiger partial charge in [0.25, 0.3) is 0 Å². The molecule has 1 spiro atoms. The number of carbonyl (C=O) groups excluding carboxylic acids is 5. The van der Waals surface area contributed by atoms with Crippen molar-refractivity contribution in [1.82, 2.24) is 5.32 Å². The highest BCUT2D eigenvalue weighted by Gasteiger charge is 2.56. The second-order valence-electron chi connectivity index (χ2n) is 16.9. The molecule has 0 saturated carbocycles. The number of hydrogen-bond donors (Lipinski definition) is 1. The van der Waals surface area contributed by atoms with Gasteiger partial charge in [0.15, 0.2) is 17.1 Å². The third-order valence-electron chi connectivity index (χ3n) is 9.98. The average molecular weight is 886 g/mol. The average Bonchev–Trinajstić information content (AvgIpc) is 3.46. The number of carbonyl (C=O) groups is 5. The molecule has 0 fully saturated rings. The van der Waals surface area contributed by atoms with Gasteiger partial charge in [-0.15, -0.1) is 0 Å². The van der Waals surface area contributed by atoms with Crippen LogP contribution >= 0.6 is 19.6 Å². The normalized spacial score (nSPS) is 16.2. The van der Waals surface area contributed by atoms with Crippen molar-refractivity contribution in [2.24, 2.45) is 10.8 Å². The van der Waals surface area contributed by atoms with Crippen LogP contribution in [0, 0.1) is 10.8 Å². The van der Waals surface area contributed by atoms with Gasteiger partial charge < -0.3 is 33.6 Å². The SMILES string of the molecule is CC(=O)CCc1cc2c(c(Cl)c1OC(=O)C(C)(C)C)Oc1cc(OC(=O)C(C)(C)C)c3ccccc3c1C21OC(=O)c2ccc([PH](=O)OCCCCNC(=O)C(F)(F)F)cc21. The maximum Gasteiger partial charge on any atom is 0.471 e. The Morgan fingerprint density at radius 3 is 2.16 bits per heavy atom. The smallest absolute Gasteiger partial charge is 0.455 e. The van der Waals surface area contributed by atoms with E-state index >= 15 is 0 Å². The summed E-state index contributed by atoms with van der Waals surface area (Å²) in [6.07, 6.45) is -4.65. The van der Waals surface area contributed by atoms with Gasteiger partial charge in [-0.1, -0.05) is 35.9 Å². The molecule has 0 radical (unpaired) electrons. The van der Waals surface area contributed by atoms with Gasteiger partial charge in [0.1, 0.15) is 22.3 Å². The molecule has 4 aromatic carbocycles. The van der Waals surface area contributed by atoms with E-state index in [1.54, 1.807) is 77.2 Å². The Morgan fingerprint density at radius 1 is 0.869 bits per heavy atom. The van der Waals surface area contributed by atoms with Crippen molar-refractivity contribution in [2.45, 2.75) is 85.9 Å². The van der Waals surface area contributed by atoms with Crippen LogP contribution in [0.15, 0.2) is 54.6 Å². The van der Waals surface area contributed by atoms with E-state index in [0.717, 1.165) is 0 Å². The molecular formula is C44H44ClF3NO11P. The standard InChI is InChI=1S/C44H44ClF3NO11P/c1-23(50)14-15-24-20-30-36(34(45)35(24)59-40(54)42(5,6)7)57-32-22-31(58-39(53)41(2,3)4)26-12-8-9-13-27(26)33(32)43(30)29-21-25(16-17-28(29)37(51)60-43)61(55)56-19-11-10-18-49-38(52)44(46,47)48/h8-9,12-13,16-17,20-22,61H,10-11,14-15,18-19H2,1-7H3,(H,49,52). The zero-order chi connectivity index (χ0) is 44.8. The summed E-state index contributed by atoms with van der Waals surface area (Å²) in [6, 6.07) is 14.4. The van der Waals surface area contributed by atoms with Crippen LogP contribution in [0.3, 0.4) is 0 Å². The summed E-state index contributed by atoms with van der Waals surface area (Å²) >= 11 is 7.19. The summed E-state index contributed by atoms with van der Waals surface area (Å²) in [5, 5.41) is 2.66. The fourth-order valence-electron chi connectivity index (χ4n) is 6.78. The molecule has 2 aliphatic heterocycles. The van der Waals surface area contributed by atoms with Gasteiger partial charge in [-0.3, -0.25) is 18.9 Å². The zero-order valence-electron chi connectivity index (χ0n) is 34.4. The quantitative estimate of drug-likeness (QED) is 0.0626. The monoisotopic (exact) mass is 885 g/mol. The van der Waals surface area contributed by atoms with Crippen LogP contribution in [0.1, 0.15) is 100 Å². The Labute approximate surface area is 355 Å². The van der Waals surface area contributed by atoms with Crippen LogP contribution in [0.4, 0.5) is 13.2 Å². The minimum absolute atomic E-state index is 0.0274. The summed E-state index contributed by atoms with van der Waals surface area (Å²) in [7, 11) is -3.08. The van der Waals surface area contributed by atoms with E-state index < -0.39 is 54.5 Å². The molecule has 2 aliphatic rings. The third-order valence-corrected chi connectivity index (χ3v) is 11.6. The molecule has 6 rings (SSSR count). The predicted octanol–water partition coefficient (Wildman–Crippen LogP) is 9.06. The van der Waals surface area contributed by atoms with Gasteiger partial charge >= 0.3 is 30.0 Å². The first-order valence-electron chi connectivity index (χ1n) is 19.4. The molecule has 0 bridgehead atoms. The summed E-state index contributed by atoms with van der Waals surface area (Å²) < 4.78 is 82.0. The molecule has 2 heterocycles. The van der Waals surface area contributed by atoms with Gasteiger partial charge in [-0.25, -0.2) is 4.79 Å². The highest BCUT2D eigenvalue weighted by Crippen LogP contribution is 2.62. The van der Waals surface area contributed by atoms with Crippen LogP contribution in [-0.2, 0) is 45.0 Å². The molecule has 61 heavy (non-hydrogen) atoms. The highest BCUT2D eigenvalue weighted by molar-refractivity contribution is 7.48. The number of ketones is 1. The van der Waals surface area contributed by atoms with E-state index in [2.05, 4.69) is 0 Å². The van der Waals surface area contributed by atoms with Crippen molar-refractivity contribution in [3.8, 4) is 23.0 Å². The van der Waals surface area contributed by atoms with Crippen molar-refractivity contribution < 1.29 is 65.2 Å².